The maximum absolute atomic E-state index is 2.42. The Hall–Kier alpha value is -7.30. The van der Waals surface area contributed by atoms with Gasteiger partial charge < -0.3 is 4.90 Å². The summed E-state index contributed by atoms with van der Waals surface area (Å²) in [5.41, 5.74) is 12.9. The first-order chi connectivity index (χ1) is 30.2. The van der Waals surface area contributed by atoms with Gasteiger partial charge in [0.15, 0.2) is 0 Å². The molecule has 0 saturated heterocycles. The highest BCUT2D eigenvalue weighted by Crippen LogP contribution is 2.44. The average Bonchev–Trinajstić information content (AvgIpc) is 3.90. The highest BCUT2D eigenvalue weighted by Gasteiger charge is 2.19. The van der Waals surface area contributed by atoms with Crippen LogP contribution in [0.3, 0.4) is 0 Å². The summed E-state index contributed by atoms with van der Waals surface area (Å²) in [4.78, 5) is 2.42. The van der Waals surface area contributed by atoms with Gasteiger partial charge in [0.2, 0.25) is 0 Å². The molecule has 0 aliphatic rings. The van der Waals surface area contributed by atoms with Crippen molar-refractivity contribution in [3.8, 4) is 44.5 Å². The third-order valence-electron chi connectivity index (χ3n) is 12.1. The van der Waals surface area contributed by atoms with Gasteiger partial charge in [-0.1, -0.05) is 152 Å². The van der Waals surface area contributed by atoms with Crippen molar-refractivity contribution < 1.29 is 0 Å². The van der Waals surface area contributed by atoms with Gasteiger partial charge in [0.25, 0.3) is 0 Å². The Kier molecular flexibility index (Phi) is 8.62. The second-order valence-electron chi connectivity index (χ2n) is 15.7. The molecule has 1 nitrogen and oxygen atoms in total. The number of hydrogen-bond acceptors (Lipinski definition) is 3. The molecule has 12 aromatic rings. The summed E-state index contributed by atoms with van der Waals surface area (Å²) in [5, 5.41) is 7.77. The zero-order valence-corrected chi connectivity index (χ0v) is 34.8. The fourth-order valence-electron chi connectivity index (χ4n) is 9.09. The molecule has 0 amide bonds. The molecule has 61 heavy (non-hydrogen) atoms. The number of fused-ring (bicyclic) bond motifs is 7. The zero-order valence-electron chi connectivity index (χ0n) is 33.1. The van der Waals surface area contributed by atoms with Crippen LogP contribution in [-0.2, 0) is 0 Å². The third-order valence-corrected chi connectivity index (χ3v) is 14.4. The minimum absolute atomic E-state index is 1.10. The summed E-state index contributed by atoms with van der Waals surface area (Å²) in [5.74, 6) is 0. The van der Waals surface area contributed by atoms with E-state index in [-0.39, 0.29) is 0 Å². The molecule has 0 aliphatic carbocycles. The van der Waals surface area contributed by atoms with Crippen LogP contribution in [0.1, 0.15) is 0 Å². The van der Waals surface area contributed by atoms with Crippen molar-refractivity contribution in [2.45, 2.75) is 0 Å². The molecule has 0 atom stereocenters. The van der Waals surface area contributed by atoms with Crippen LogP contribution in [0.25, 0.3) is 95.6 Å². The number of hydrogen-bond donors (Lipinski definition) is 0. The molecule has 2 aromatic heterocycles. The lowest BCUT2D eigenvalue weighted by atomic mass is 9.94. The Morgan fingerprint density at radius 2 is 0.705 bits per heavy atom. The molecule has 0 N–H and O–H groups in total. The number of para-hydroxylation sites is 1. The smallest absolute Gasteiger partial charge is 0.0540 e. The topological polar surface area (TPSA) is 3.24 Å². The molecule has 0 saturated carbocycles. The van der Waals surface area contributed by atoms with Crippen molar-refractivity contribution in [3.63, 3.8) is 0 Å². The van der Waals surface area contributed by atoms with Gasteiger partial charge in [-0.25, -0.2) is 0 Å². The zero-order chi connectivity index (χ0) is 40.3. The number of benzene rings is 10. The molecule has 0 aliphatic heterocycles. The third kappa shape index (κ3) is 6.29. The summed E-state index contributed by atoms with van der Waals surface area (Å²) in [7, 11) is 0. The van der Waals surface area contributed by atoms with Gasteiger partial charge in [0.05, 0.1) is 5.69 Å². The van der Waals surface area contributed by atoms with Gasteiger partial charge >= 0.3 is 0 Å². The largest absolute Gasteiger partial charge is 0.310 e. The highest BCUT2D eigenvalue weighted by atomic mass is 32.1. The summed E-state index contributed by atoms with van der Waals surface area (Å²) in [6, 6.07) is 82.5. The van der Waals surface area contributed by atoms with Crippen LogP contribution in [0.5, 0.6) is 0 Å². The van der Waals surface area contributed by atoms with Crippen LogP contribution in [0.4, 0.5) is 17.1 Å². The fourth-order valence-corrected chi connectivity index (χ4v) is 11.3. The molecule has 0 radical (unpaired) electrons. The quantitative estimate of drug-likeness (QED) is 0.155. The Morgan fingerprint density at radius 3 is 1.33 bits per heavy atom. The molecule has 12 rings (SSSR count). The van der Waals surface area contributed by atoms with Gasteiger partial charge in [-0.05, 0) is 123 Å². The summed E-state index contributed by atoms with van der Waals surface area (Å²) in [6.45, 7) is 0. The van der Waals surface area contributed by atoms with Crippen molar-refractivity contribution in [1.82, 2.24) is 0 Å². The van der Waals surface area contributed by atoms with Crippen molar-refractivity contribution in [3.05, 3.63) is 224 Å². The van der Waals surface area contributed by atoms with Gasteiger partial charge in [-0.3, -0.25) is 0 Å². The Morgan fingerprint density at radius 1 is 0.262 bits per heavy atom. The predicted molar refractivity (Wildman–Crippen MR) is 266 cm³/mol. The van der Waals surface area contributed by atoms with E-state index >= 15 is 0 Å². The molecule has 286 valence electrons. The molecule has 0 fully saturated rings. The van der Waals surface area contributed by atoms with Gasteiger partial charge in [0, 0.05) is 57.3 Å². The number of nitrogens with zero attached hydrogens (tertiary/aromatic N) is 1. The first kappa shape index (κ1) is 35.6. The van der Waals surface area contributed by atoms with Gasteiger partial charge in [0.1, 0.15) is 0 Å². The molecule has 2 heterocycles. The van der Waals surface area contributed by atoms with Crippen LogP contribution < -0.4 is 4.90 Å². The van der Waals surface area contributed by atoms with Crippen LogP contribution in [0.2, 0.25) is 0 Å². The lowest BCUT2D eigenvalue weighted by Crippen LogP contribution is -2.11. The number of thiophene rings is 2. The lowest BCUT2D eigenvalue weighted by Gasteiger charge is -2.28. The second kappa shape index (κ2) is 14.8. The molecule has 3 heteroatoms. The van der Waals surface area contributed by atoms with E-state index in [4.69, 9.17) is 0 Å². The van der Waals surface area contributed by atoms with Crippen molar-refractivity contribution in [1.29, 1.82) is 0 Å². The Labute approximate surface area is 362 Å². The molecule has 0 unspecified atom stereocenters. The van der Waals surface area contributed by atoms with E-state index in [2.05, 4.69) is 229 Å². The number of anilines is 3. The first-order valence-corrected chi connectivity index (χ1v) is 22.4. The molecular weight excluding hydrogens is 775 g/mol. The predicted octanol–water partition coefficient (Wildman–Crippen LogP) is 17.7. The van der Waals surface area contributed by atoms with Gasteiger partial charge in [-0.2, -0.15) is 0 Å². The molecular formula is C58H37NS2. The van der Waals surface area contributed by atoms with Crippen molar-refractivity contribution >= 4 is 90.9 Å². The Bertz CT molecular complexity index is 3430. The van der Waals surface area contributed by atoms with Crippen LogP contribution in [-0.4, -0.2) is 0 Å². The summed E-state index contributed by atoms with van der Waals surface area (Å²) in [6.07, 6.45) is 0. The van der Waals surface area contributed by atoms with E-state index in [0.717, 1.165) is 17.1 Å². The second-order valence-corrected chi connectivity index (χ2v) is 17.8. The molecule has 0 bridgehead atoms. The van der Waals surface area contributed by atoms with E-state index in [1.54, 1.807) is 0 Å². The van der Waals surface area contributed by atoms with E-state index in [1.807, 2.05) is 22.7 Å². The Balaban J connectivity index is 0.971. The van der Waals surface area contributed by atoms with Crippen LogP contribution >= 0.6 is 22.7 Å². The van der Waals surface area contributed by atoms with Crippen molar-refractivity contribution in [2.24, 2.45) is 0 Å². The van der Waals surface area contributed by atoms with E-state index in [9.17, 15) is 0 Å². The minimum Gasteiger partial charge on any atom is -0.310 e. The van der Waals surface area contributed by atoms with E-state index in [0.29, 0.717) is 0 Å². The van der Waals surface area contributed by atoms with E-state index < -0.39 is 0 Å². The maximum atomic E-state index is 2.42. The minimum atomic E-state index is 1.10. The normalized spacial score (nSPS) is 11.6. The van der Waals surface area contributed by atoms with Gasteiger partial charge in [-0.15, -0.1) is 22.7 Å². The highest BCUT2D eigenvalue weighted by molar-refractivity contribution is 7.26. The van der Waals surface area contributed by atoms with E-state index in [1.165, 1.54) is 95.6 Å². The SMILES string of the molecule is c1cc(-c2ccccc2N(c2ccc(-c3ccc4sc5ccccc5c4c3)cc2)c2ccc(-c3ccc4sc5ccccc5c4c3)cc2)cc(-c2cccc3ccccc23)c1. The van der Waals surface area contributed by atoms with Crippen molar-refractivity contribution in [2.75, 3.05) is 4.90 Å². The van der Waals surface area contributed by atoms with Crippen LogP contribution in [0.15, 0.2) is 224 Å². The number of rotatable bonds is 7. The average molecular weight is 812 g/mol. The monoisotopic (exact) mass is 811 g/mol. The first-order valence-electron chi connectivity index (χ1n) is 20.7. The van der Waals surface area contributed by atoms with Crippen LogP contribution in [0, 0.1) is 0 Å². The summed E-state index contributed by atoms with van der Waals surface area (Å²) >= 11 is 3.72. The fraction of sp³-hybridized carbons (Fsp3) is 0. The lowest BCUT2D eigenvalue weighted by molar-refractivity contribution is 1.28. The standard InChI is InChI=1S/C58H37NS2/c1-2-15-47-40(11-1)12-10-19-48(47)43-13-9-14-44(35-43)49-16-3-6-20-54(49)59(45-29-23-38(24-30-45)41-27-33-57-52(36-41)50-17-4-7-21-55(50)60-57)46-31-25-39(26-32-46)42-28-34-58-53(37-42)51-18-5-8-22-56(51)61-58/h1-37H. The summed E-state index contributed by atoms with van der Waals surface area (Å²) < 4.78 is 5.30. The molecule has 10 aromatic carbocycles. The molecule has 0 spiro atoms. The maximum Gasteiger partial charge on any atom is 0.0540 e.